The van der Waals surface area contributed by atoms with E-state index < -0.39 is 17.8 Å². The van der Waals surface area contributed by atoms with Gasteiger partial charge in [-0.05, 0) is 66.6 Å². The van der Waals surface area contributed by atoms with E-state index in [1.807, 2.05) is 55.5 Å². The number of hydrogen-bond acceptors (Lipinski definition) is 5. The van der Waals surface area contributed by atoms with E-state index >= 15 is 0 Å². The molecule has 0 unspecified atom stereocenters. The average molecular weight is 498 g/mol. The van der Waals surface area contributed by atoms with E-state index in [9.17, 15) is 14.0 Å². The van der Waals surface area contributed by atoms with Gasteiger partial charge in [0.25, 0.3) is 5.91 Å². The number of fused-ring (bicyclic) bond motifs is 1. The number of anilines is 1. The Kier molecular flexibility index (Phi) is 6.76. The summed E-state index contributed by atoms with van der Waals surface area (Å²) in [5.74, 6) is -0.688. The summed E-state index contributed by atoms with van der Waals surface area (Å²) < 4.78 is 20.5. The second-order valence-corrected chi connectivity index (χ2v) is 8.59. The Bertz CT molecular complexity index is 1530. The van der Waals surface area contributed by atoms with E-state index in [4.69, 9.17) is 4.42 Å². The van der Waals surface area contributed by atoms with Gasteiger partial charge in [-0.3, -0.25) is 9.59 Å². The van der Waals surface area contributed by atoms with Crippen molar-refractivity contribution >= 4 is 28.5 Å². The number of nitrogens with one attached hydrogen (secondary N) is 1. The molecule has 5 rings (SSSR count). The van der Waals surface area contributed by atoms with Crippen LogP contribution < -0.4 is 5.32 Å². The quantitative estimate of drug-likeness (QED) is 0.330. The Morgan fingerprint density at radius 3 is 2.51 bits per heavy atom. The van der Waals surface area contributed by atoms with Crippen LogP contribution in [0.1, 0.15) is 22.9 Å². The van der Waals surface area contributed by atoms with E-state index in [0.717, 1.165) is 5.56 Å². The van der Waals surface area contributed by atoms with Crippen LogP contribution in [0.2, 0.25) is 0 Å². The molecule has 1 atom stereocenters. The zero-order chi connectivity index (χ0) is 25.8. The van der Waals surface area contributed by atoms with Crippen LogP contribution in [0, 0.1) is 12.7 Å². The lowest BCUT2D eigenvalue weighted by molar-refractivity contribution is -0.140. The van der Waals surface area contributed by atoms with Gasteiger partial charge in [0.2, 0.25) is 5.91 Å². The molecule has 0 saturated carbocycles. The van der Waals surface area contributed by atoms with Crippen LogP contribution in [-0.2, 0) is 22.7 Å². The fraction of sp³-hybridized carbons (Fsp3) is 0.143. The van der Waals surface area contributed by atoms with Crippen molar-refractivity contribution in [3.63, 3.8) is 0 Å². The van der Waals surface area contributed by atoms with E-state index in [1.54, 1.807) is 12.1 Å². The Morgan fingerprint density at radius 1 is 1.00 bits per heavy atom. The van der Waals surface area contributed by atoms with Gasteiger partial charge in [-0.1, -0.05) is 41.6 Å². The van der Waals surface area contributed by atoms with Crippen molar-refractivity contribution in [3.05, 3.63) is 114 Å². The molecule has 0 aliphatic rings. The molecule has 2 amide bonds. The molecular weight excluding hydrogens is 473 g/mol. The zero-order valence-corrected chi connectivity index (χ0v) is 20.0. The summed E-state index contributed by atoms with van der Waals surface area (Å²) in [5, 5.41) is 11.1. The minimum absolute atomic E-state index is 0.0499. The highest BCUT2D eigenvalue weighted by Crippen LogP contribution is 2.28. The summed E-state index contributed by atoms with van der Waals surface area (Å²) in [4.78, 5) is 29.1. The number of benzene rings is 3. The predicted molar refractivity (Wildman–Crippen MR) is 136 cm³/mol. The average Bonchev–Trinajstić information content (AvgIpc) is 3.56. The fourth-order valence-electron chi connectivity index (χ4n) is 4.24. The van der Waals surface area contributed by atoms with Crippen LogP contribution in [0.4, 0.5) is 10.1 Å². The summed E-state index contributed by atoms with van der Waals surface area (Å²) in [5.41, 5.74) is 3.28. The SMILES string of the molecule is Cc1ccccc1[C@H](C(=O)Nc1ccc(F)cc1)N(Cc1ccco1)C(=O)Cn1nnc2ccccc21. The first-order chi connectivity index (χ1) is 18.0. The molecule has 0 aliphatic heterocycles. The van der Waals surface area contributed by atoms with Crippen molar-refractivity contribution in [2.24, 2.45) is 0 Å². The number of carbonyl (C=O) groups excluding carboxylic acids is 2. The highest BCUT2D eigenvalue weighted by Gasteiger charge is 2.33. The Morgan fingerprint density at radius 2 is 1.76 bits per heavy atom. The summed E-state index contributed by atoms with van der Waals surface area (Å²) >= 11 is 0. The minimum Gasteiger partial charge on any atom is -0.467 e. The molecule has 0 fully saturated rings. The largest absolute Gasteiger partial charge is 0.467 e. The molecule has 2 heterocycles. The molecule has 2 aromatic heterocycles. The van der Waals surface area contributed by atoms with Crippen LogP contribution in [0.5, 0.6) is 0 Å². The lowest BCUT2D eigenvalue weighted by atomic mass is 9.98. The summed E-state index contributed by atoms with van der Waals surface area (Å²) in [6.45, 7) is 1.80. The normalized spacial score (nSPS) is 11.8. The maximum absolute atomic E-state index is 13.9. The summed E-state index contributed by atoms with van der Waals surface area (Å²) in [6, 6.07) is 22.7. The van der Waals surface area contributed by atoms with Gasteiger partial charge in [-0.2, -0.15) is 0 Å². The van der Waals surface area contributed by atoms with Crippen LogP contribution >= 0.6 is 0 Å². The molecule has 1 N–H and O–H groups in total. The molecule has 8 nitrogen and oxygen atoms in total. The maximum Gasteiger partial charge on any atom is 0.251 e. The first-order valence-electron chi connectivity index (χ1n) is 11.7. The fourth-order valence-corrected chi connectivity index (χ4v) is 4.24. The molecule has 0 radical (unpaired) electrons. The standard InChI is InChI=1S/C28H24FN5O3/c1-19-7-2-3-9-23(19)27(28(36)30-21-14-12-20(29)13-15-21)33(17-22-8-6-16-37-22)26(35)18-34-25-11-5-4-10-24(25)31-32-34/h2-16,27H,17-18H2,1H3,(H,30,36)/t27-/m1/s1. The van der Waals surface area contributed by atoms with Crippen molar-refractivity contribution in [2.75, 3.05) is 5.32 Å². The molecule has 5 aromatic rings. The number of carbonyl (C=O) groups is 2. The van der Waals surface area contributed by atoms with E-state index in [1.165, 1.54) is 40.1 Å². The maximum atomic E-state index is 13.9. The van der Waals surface area contributed by atoms with E-state index in [0.29, 0.717) is 28.0 Å². The second kappa shape index (κ2) is 10.4. The van der Waals surface area contributed by atoms with Crippen LogP contribution in [0.3, 0.4) is 0 Å². The molecule has 37 heavy (non-hydrogen) atoms. The minimum atomic E-state index is -1.00. The molecule has 0 aliphatic carbocycles. The van der Waals surface area contributed by atoms with Gasteiger partial charge < -0.3 is 14.6 Å². The topological polar surface area (TPSA) is 93.3 Å². The first kappa shape index (κ1) is 23.9. The number of nitrogens with zero attached hydrogens (tertiary/aromatic N) is 4. The van der Waals surface area contributed by atoms with E-state index in [-0.39, 0.29) is 19.0 Å². The summed E-state index contributed by atoms with van der Waals surface area (Å²) in [6.07, 6.45) is 1.52. The van der Waals surface area contributed by atoms with Gasteiger partial charge in [-0.15, -0.1) is 5.10 Å². The van der Waals surface area contributed by atoms with Crippen molar-refractivity contribution in [1.82, 2.24) is 19.9 Å². The third-order valence-electron chi connectivity index (χ3n) is 6.09. The highest BCUT2D eigenvalue weighted by molar-refractivity contribution is 5.98. The molecule has 9 heteroatoms. The van der Waals surface area contributed by atoms with Gasteiger partial charge in [0, 0.05) is 5.69 Å². The molecule has 0 spiro atoms. The van der Waals surface area contributed by atoms with Crippen molar-refractivity contribution in [1.29, 1.82) is 0 Å². The number of aryl methyl sites for hydroxylation is 1. The van der Waals surface area contributed by atoms with Gasteiger partial charge in [0.05, 0.1) is 18.3 Å². The Balaban J connectivity index is 1.54. The Labute approximate surface area is 212 Å². The predicted octanol–water partition coefficient (Wildman–Crippen LogP) is 4.88. The number of rotatable bonds is 8. The number of amides is 2. The number of para-hydroxylation sites is 1. The molecular formula is C28H24FN5O3. The highest BCUT2D eigenvalue weighted by atomic mass is 19.1. The lowest BCUT2D eigenvalue weighted by Gasteiger charge is -2.31. The molecule has 3 aromatic carbocycles. The first-order valence-corrected chi connectivity index (χ1v) is 11.7. The van der Waals surface area contributed by atoms with Gasteiger partial charge in [0.1, 0.15) is 29.7 Å². The smallest absolute Gasteiger partial charge is 0.251 e. The number of aromatic nitrogens is 3. The van der Waals surface area contributed by atoms with Crippen LogP contribution in [0.15, 0.2) is 95.6 Å². The van der Waals surface area contributed by atoms with Crippen molar-refractivity contribution in [3.8, 4) is 0 Å². The second-order valence-electron chi connectivity index (χ2n) is 8.59. The number of hydrogen-bond donors (Lipinski definition) is 1. The third kappa shape index (κ3) is 5.25. The third-order valence-corrected chi connectivity index (χ3v) is 6.09. The summed E-state index contributed by atoms with van der Waals surface area (Å²) in [7, 11) is 0. The molecule has 186 valence electrons. The van der Waals surface area contributed by atoms with Gasteiger partial charge in [-0.25, -0.2) is 9.07 Å². The molecule has 0 bridgehead atoms. The Hall–Kier alpha value is -4.79. The van der Waals surface area contributed by atoms with Crippen LogP contribution in [-0.4, -0.2) is 31.7 Å². The van der Waals surface area contributed by atoms with Gasteiger partial charge in [0.15, 0.2) is 0 Å². The van der Waals surface area contributed by atoms with Crippen molar-refractivity contribution < 1.29 is 18.4 Å². The van der Waals surface area contributed by atoms with Crippen LogP contribution in [0.25, 0.3) is 11.0 Å². The number of halogens is 1. The van der Waals surface area contributed by atoms with Gasteiger partial charge >= 0.3 is 0 Å². The monoisotopic (exact) mass is 497 g/mol. The molecule has 0 saturated heterocycles. The van der Waals surface area contributed by atoms with Crippen molar-refractivity contribution in [2.45, 2.75) is 26.1 Å². The van der Waals surface area contributed by atoms with E-state index in [2.05, 4.69) is 15.6 Å². The lowest BCUT2D eigenvalue weighted by Crippen LogP contribution is -2.42. The number of furan rings is 1. The zero-order valence-electron chi connectivity index (χ0n) is 20.0.